The van der Waals surface area contributed by atoms with Crippen molar-refractivity contribution in [2.75, 3.05) is 0 Å². The number of aliphatic imine (C=N–C) groups is 1. The van der Waals surface area contributed by atoms with Crippen LogP contribution in [0.4, 0.5) is 0 Å². The van der Waals surface area contributed by atoms with Crippen molar-refractivity contribution in [2.24, 2.45) is 15.8 Å². The maximum atomic E-state index is 4.74. The molecule has 0 spiro atoms. The summed E-state index contributed by atoms with van der Waals surface area (Å²) in [7, 11) is 0. The molecule has 0 saturated heterocycles. The standard InChI is InChI=1S/C15H18IN/c1-14(2)8-5-6-12-11(10-14)15(3,4)13(17-12)7-9-16/h5-10H,1-4H3/b9-7+. The lowest BCUT2D eigenvalue weighted by atomic mass is 9.77. The largest absolute Gasteiger partial charge is 0.252 e. The Balaban J connectivity index is 2.56. The first-order valence-electron chi connectivity index (χ1n) is 5.86. The molecule has 0 radical (unpaired) electrons. The summed E-state index contributed by atoms with van der Waals surface area (Å²) in [5.74, 6) is 0. The van der Waals surface area contributed by atoms with Gasteiger partial charge >= 0.3 is 0 Å². The molecule has 2 rings (SSSR count). The van der Waals surface area contributed by atoms with Crippen LogP contribution in [-0.2, 0) is 0 Å². The molecule has 0 saturated carbocycles. The molecule has 1 heterocycles. The Bertz CT molecular complexity index is 485. The number of rotatable bonds is 1. The Labute approximate surface area is 117 Å². The minimum Gasteiger partial charge on any atom is -0.252 e. The van der Waals surface area contributed by atoms with Gasteiger partial charge in [0.15, 0.2) is 0 Å². The highest BCUT2D eigenvalue weighted by atomic mass is 127. The van der Waals surface area contributed by atoms with Crippen molar-refractivity contribution < 1.29 is 0 Å². The zero-order chi connectivity index (χ0) is 12.7. The molecule has 0 aromatic carbocycles. The van der Waals surface area contributed by atoms with E-state index in [0.717, 1.165) is 11.4 Å². The Kier molecular flexibility index (Phi) is 3.19. The maximum Gasteiger partial charge on any atom is 0.0671 e. The van der Waals surface area contributed by atoms with Gasteiger partial charge in [0.2, 0.25) is 0 Å². The van der Waals surface area contributed by atoms with Crippen molar-refractivity contribution in [3.63, 3.8) is 0 Å². The minimum atomic E-state index is 0.0107. The first-order valence-corrected chi connectivity index (χ1v) is 7.10. The van der Waals surface area contributed by atoms with Gasteiger partial charge in [-0.1, -0.05) is 68.5 Å². The Hall–Kier alpha value is -0.640. The molecule has 0 unspecified atom stereocenters. The normalized spacial score (nSPS) is 25.1. The number of halogens is 1. The lowest BCUT2D eigenvalue weighted by Gasteiger charge is -2.24. The monoisotopic (exact) mass is 339 g/mol. The molecule has 17 heavy (non-hydrogen) atoms. The highest BCUT2D eigenvalue weighted by Crippen LogP contribution is 2.44. The number of hydrogen-bond donors (Lipinski definition) is 0. The van der Waals surface area contributed by atoms with Gasteiger partial charge in [-0.2, -0.15) is 0 Å². The minimum absolute atomic E-state index is 0.0107. The van der Waals surface area contributed by atoms with Gasteiger partial charge in [0.25, 0.3) is 0 Å². The van der Waals surface area contributed by atoms with Crippen LogP contribution in [0.2, 0.25) is 0 Å². The number of nitrogens with zero attached hydrogens (tertiary/aromatic N) is 1. The summed E-state index contributed by atoms with van der Waals surface area (Å²) in [5, 5.41) is 0. The molecule has 1 aliphatic heterocycles. The summed E-state index contributed by atoms with van der Waals surface area (Å²) in [6.45, 7) is 8.96. The summed E-state index contributed by atoms with van der Waals surface area (Å²) in [4.78, 5) is 4.74. The predicted molar refractivity (Wildman–Crippen MR) is 83.5 cm³/mol. The molecule has 90 valence electrons. The van der Waals surface area contributed by atoms with Crippen LogP contribution in [0.5, 0.6) is 0 Å². The van der Waals surface area contributed by atoms with Crippen LogP contribution >= 0.6 is 22.6 Å². The second-order valence-corrected chi connectivity index (χ2v) is 6.42. The van der Waals surface area contributed by atoms with E-state index < -0.39 is 0 Å². The van der Waals surface area contributed by atoms with E-state index in [1.54, 1.807) is 0 Å². The Morgan fingerprint density at radius 2 is 1.94 bits per heavy atom. The molecular formula is C15H18IN. The molecule has 0 bridgehead atoms. The molecule has 0 amide bonds. The molecule has 0 fully saturated rings. The van der Waals surface area contributed by atoms with Crippen LogP contribution < -0.4 is 0 Å². The SMILES string of the molecule is CC1(C)C=CC=C2N=C(/C=C/I)C(C)(C)C2=C1. The fraction of sp³-hybridized carbons (Fsp3) is 0.400. The zero-order valence-corrected chi connectivity index (χ0v) is 12.9. The van der Waals surface area contributed by atoms with E-state index in [1.165, 1.54) is 5.57 Å². The van der Waals surface area contributed by atoms with Crippen LogP contribution in [-0.4, -0.2) is 5.71 Å². The van der Waals surface area contributed by atoms with Crippen LogP contribution in [0.25, 0.3) is 0 Å². The molecule has 1 nitrogen and oxygen atoms in total. The summed E-state index contributed by atoms with van der Waals surface area (Å²) in [5.41, 5.74) is 3.72. The lowest BCUT2D eigenvalue weighted by molar-refractivity contribution is 0.589. The van der Waals surface area contributed by atoms with Gasteiger partial charge < -0.3 is 0 Å². The van der Waals surface area contributed by atoms with Crippen molar-refractivity contribution >= 4 is 28.3 Å². The smallest absolute Gasteiger partial charge is 0.0671 e. The van der Waals surface area contributed by atoms with Crippen molar-refractivity contribution in [3.05, 3.63) is 45.7 Å². The van der Waals surface area contributed by atoms with E-state index in [4.69, 9.17) is 4.99 Å². The topological polar surface area (TPSA) is 12.4 Å². The number of allylic oxidation sites excluding steroid dienone is 6. The van der Waals surface area contributed by atoms with E-state index in [0.29, 0.717) is 0 Å². The van der Waals surface area contributed by atoms with Crippen LogP contribution in [0.3, 0.4) is 0 Å². The first kappa shape index (κ1) is 12.8. The van der Waals surface area contributed by atoms with Gasteiger partial charge in [0, 0.05) is 10.8 Å². The molecule has 2 aliphatic rings. The summed E-state index contributed by atoms with van der Waals surface area (Å²) >= 11 is 2.25. The Morgan fingerprint density at radius 1 is 1.24 bits per heavy atom. The maximum absolute atomic E-state index is 4.74. The van der Waals surface area contributed by atoms with Crippen molar-refractivity contribution in [3.8, 4) is 0 Å². The van der Waals surface area contributed by atoms with E-state index in [9.17, 15) is 0 Å². The third-order valence-corrected chi connectivity index (χ3v) is 3.71. The number of hydrogen-bond acceptors (Lipinski definition) is 1. The second-order valence-electron chi connectivity index (χ2n) is 5.71. The fourth-order valence-corrected chi connectivity index (χ4v) is 2.62. The van der Waals surface area contributed by atoms with Crippen LogP contribution in [0.1, 0.15) is 27.7 Å². The van der Waals surface area contributed by atoms with Gasteiger partial charge in [0.05, 0.1) is 11.4 Å². The Morgan fingerprint density at radius 3 is 2.59 bits per heavy atom. The predicted octanol–water partition coefficient (Wildman–Crippen LogP) is 4.82. The van der Waals surface area contributed by atoms with Gasteiger partial charge in [-0.25, -0.2) is 0 Å². The van der Waals surface area contributed by atoms with Gasteiger partial charge in [-0.3, -0.25) is 4.99 Å². The van der Waals surface area contributed by atoms with Crippen molar-refractivity contribution in [1.29, 1.82) is 0 Å². The molecule has 0 N–H and O–H groups in total. The lowest BCUT2D eigenvalue weighted by Crippen LogP contribution is -2.21. The highest BCUT2D eigenvalue weighted by molar-refractivity contribution is 14.1. The van der Waals surface area contributed by atoms with E-state index in [1.807, 2.05) is 4.08 Å². The average Bonchev–Trinajstić information content (AvgIpc) is 2.36. The molecule has 1 aliphatic carbocycles. The quantitative estimate of drug-likeness (QED) is 0.607. The van der Waals surface area contributed by atoms with Crippen molar-refractivity contribution in [2.45, 2.75) is 27.7 Å². The highest BCUT2D eigenvalue weighted by Gasteiger charge is 2.37. The van der Waals surface area contributed by atoms with Gasteiger partial charge in [-0.05, 0) is 21.8 Å². The first-order chi connectivity index (χ1) is 7.87. The molecule has 2 heteroatoms. The third-order valence-electron chi connectivity index (χ3n) is 3.35. The van der Waals surface area contributed by atoms with Crippen LogP contribution in [0.15, 0.2) is 50.7 Å². The van der Waals surface area contributed by atoms with E-state index >= 15 is 0 Å². The van der Waals surface area contributed by atoms with Gasteiger partial charge in [0.1, 0.15) is 0 Å². The summed E-state index contributed by atoms with van der Waals surface area (Å²) in [6.07, 6.45) is 10.9. The summed E-state index contributed by atoms with van der Waals surface area (Å²) in [6, 6.07) is 0. The fourth-order valence-electron chi connectivity index (χ4n) is 2.28. The van der Waals surface area contributed by atoms with Crippen LogP contribution in [0, 0.1) is 10.8 Å². The molecular weight excluding hydrogens is 321 g/mol. The molecule has 0 aromatic rings. The zero-order valence-electron chi connectivity index (χ0n) is 10.8. The molecule has 0 atom stereocenters. The van der Waals surface area contributed by atoms with Crippen molar-refractivity contribution in [1.82, 2.24) is 0 Å². The van der Waals surface area contributed by atoms with Gasteiger partial charge in [-0.15, -0.1) is 0 Å². The summed E-state index contributed by atoms with van der Waals surface area (Å²) < 4.78 is 2.03. The number of fused-ring (bicyclic) bond motifs is 1. The second kappa shape index (κ2) is 4.23. The molecule has 0 aromatic heterocycles. The van der Waals surface area contributed by atoms with E-state index in [-0.39, 0.29) is 10.8 Å². The third kappa shape index (κ3) is 2.32. The average molecular weight is 339 g/mol. The van der Waals surface area contributed by atoms with E-state index in [2.05, 4.69) is 80.7 Å².